The van der Waals surface area contributed by atoms with Gasteiger partial charge in [-0.05, 0) is 46.8 Å². The van der Waals surface area contributed by atoms with Gasteiger partial charge >= 0.3 is 0 Å². The van der Waals surface area contributed by atoms with Gasteiger partial charge in [0, 0.05) is 12.7 Å². The number of anilines is 1. The van der Waals surface area contributed by atoms with Crippen molar-refractivity contribution in [3.05, 3.63) is 60.4 Å². The van der Waals surface area contributed by atoms with E-state index in [2.05, 4.69) is 20.8 Å². The van der Waals surface area contributed by atoms with Crippen molar-refractivity contribution < 1.29 is 14.0 Å². The zero-order chi connectivity index (χ0) is 19.9. The number of carbonyl (C=O) groups is 2. The number of para-hydroxylation sites is 1. The van der Waals surface area contributed by atoms with Crippen LogP contribution in [0.2, 0.25) is 0 Å². The predicted molar refractivity (Wildman–Crippen MR) is 103 cm³/mol. The zero-order valence-electron chi connectivity index (χ0n) is 14.9. The maximum absolute atomic E-state index is 12.9. The second-order valence-corrected chi connectivity index (χ2v) is 6.74. The fourth-order valence-electron chi connectivity index (χ4n) is 2.27. The minimum atomic E-state index is -0.389. The Morgan fingerprint density at radius 3 is 2.57 bits per heavy atom. The second-order valence-electron chi connectivity index (χ2n) is 5.80. The Hall–Kier alpha value is -3.27. The van der Waals surface area contributed by atoms with Crippen LogP contribution in [0.5, 0.6) is 0 Å². The highest BCUT2D eigenvalue weighted by Gasteiger charge is 2.16. The Bertz CT molecular complexity index is 948. The van der Waals surface area contributed by atoms with E-state index in [1.165, 1.54) is 48.0 Å². The second kappa shape index (κ2) is 9.09. The third kappa shape index (κ3) is 5.13. The van der Waals surface area contributed by atoms with Crippen molar-refractivity contribution >= 4 is 29.3 Å². The first kappa shape index (κ1) is 19.5. The molecule has 28 heavy (non-hydrogen) atoms. The lowest BCUT2D eigenvalue weighted by Crippen LogP contribution is -2.36. The maximum Gasteiger partial charge on any atom is 0.243 e. The molecule has 0 aliphatic carbocycles. The number of hydrogen-bond acceptors (Lipinski definition) is 6. The predicted octanol–water partition coefficient (Wildman–Crippen LogP) is 1.99. The number of rotatable bonds is 7. The number of halogens is 1. The highest BCUT2D eigenvalue weighted by molar-refractivity contribution is 7.99. The minimum Gasteiger partial charge on any atom is -0.336 e. The molecule has 0 bridgehead atoms. The third-order valence-electron chi connectivity index (χ3n) is 3.70. The highest BCUT2D eigenvalue weighted by atomic mass is 32.2. The van der Waals surface area contributed by atoms with E-state index in [1.54, 1.807) is 4.68 Å². The molecule has 0 aliphatic heterocycles. The molecule has 0 radical (unpaired) electrons. The smallest absolute Gasteiger partial charge is 0.243 e. The van der Waals surface area contributed by atoms with Crippen LogP contribution in [0.3, 0.4) is 0 Å². The van der Waals surface area contributed by atoms with Gasteiger partial charge in [-0.25, -0.2) is 4.39 Å². The molecule has 0 saturated heterocycles. The van der Waals surface area contributed by atoms with Gasteiger partial charge in [-0.1, -0.05) is 30.0 Å². The van der Waals surface area contributed by atoms with E-state index in [-0.39, 0.29) is 29.9 Å². The van der Waals surface area contributed by atoms with Crippen LogP contribution >= 0.6 is 11.8 Å². The number of benzene rings is 2. The molecule has 2 amide bonds. The van der Waals surface area contributed by atoms with Gasteiger partial charge in [0.05, 0.1) is 18.0 Å². The Morgan fingerprint density at radius 2 is 1.86 bits per heavy atom. The third-order valence-corrected chi connectivity index (χ3v) is 4.60. The monoisotopic (exact) mass is 400 g/mol. The van der Waals surface area contributed by atoms with Crippen molar-refractivity contribution in [2.45, 2.75) is 5.16 Å². The van der Waals surface area contributed by atoms with Crippen molar-refractivity contribution in [1.82, 2.24) is 25.1 Å². The van der Waals surface area contributed by atoms with Crippen LogP contribution in [0.25, 0.3) is 5.69 Å². The molecule has 1 aromatic heterocycles. The van der Waals surface area contributed by atoms with Crippen LogP contribution in [0.4, 0.5) is 10.1 Å². The van der Waals surface area contributed by atoms with Gasteiger partial charge in [-0.15, -0.1) is 5.10 Å². The summed E-state index contributed by atoms with van der Waals surface area (Å²) in [5.74, 6) is -0.934. The van der Waals surface area contributed by atoms with Crippen molar-refractivity contribution in [2.24, 2.45) is 0 Å². The average Bonchev–Trinajstić information content (AvgIpc) is 3.17. The van der Waals surface area contributed by atoms with Crippen molar-refractivity contribution in [3.63, 3.8) is 0 Å². The minimum absolute atomic E-state index is 0.0769. The number of tetrazole rings is 1. The van der Waals surface area contributed by atoms with Gasteiger partial charge in [-0.2, -0.15) is 4.68 Å². The number of hydrogen-bond donors (Lipinski definition) is 1. The first-order valence-corrected chi connectivity index (χ1v) is 9.27. The normalized spacial score (nSPS) is 10.5. The standard InChI is InChI=1S/C18H17FN6O2S/c1-24(11-16(26)20-14-9-7-13(19)8-10-14)17(27)12-28-18-21-22-23-25(18)15-5-3-2-4-6-15/h2-10H,11-12H2,1H3,(H,20,26). The largest absolute Gasteiger partial charge is 0.336 e. The summed E-state index contributed by atoms with van der Waals surface area (Å²) in [4.78, 5) is 25.7. The topological polar surface area (TPSA) is 93.0 Å². The lowest BCUT2D eigenvalue weighted by molar-refractivity contribution is -0.131. The molecule has 3 aromatic rings. The zero-order valence-corrected chi connectivity index (χ0v) is 15.8. The molecule has 0 atom stereocenters. The van der Waals surface area contributed by atoms with Crippen molar-refractivity contribution in [3.8, 4) is 5.69 Å². The lowest BCUT2D eigenvalue weighted by atomic mass is 10.3. The van der Waals surface area contributed by atoms with Crippen molar-refractivity contribution in [2.75, 3.05) is 24.7 Å². The van der Waals surface area contributed by atoms with E-state index < -0.39 is 0 Å². The Labute approximate surface area is 164 Å². The van der Waals surface area contributed by atoms with Gasteiger partial charge in [0.1, 0.15) is 5.82 Å². The van der Waals surface area contributed by atoms with Crippen LogP contribution in [-0.2, 0) is 9.59 Å². The molecule has 0 spiro atoms. The summed E-state index contributed by atoms with van der Waals surface area (Å²) < 4.78 is 14.4. The summed E-state index contributed by atoms with van der Waals surface area (Å²) in [5.41, 5.74) is 1.25. The molecule has 144 valence electrons. The van der Waals surface area contributed by atoms with E-state index in [4.69, 9.17) is 0 Å². The number of carbonyl (C=O) groups excluding carboxylic acids is 2. The van der Waals surface area contributed by atoms with Crippen LogP contribution in [0.1, 0.15) is 0 Å². The summed E-state index contributed by atoms with van der Waals surface area (Å²) in [6, 6.07) is 14.7. The molecule has 8 nitrogen and oxygen atoms in total. The number of amides is 2. The average molecular weight is 400 g/mol. The highest BCUT2D eigenvalue weighted by Crippen LogP contribution is 2.18. The molecular formula is C18H17FN6O2S. The molecule has 10 heteroatoms. The Balaban J connectivity index is 1.52. The quantitative estimate of drug-likeness (QED) is 0.610. The lowest BCUT2D eigenvalue weighted by Gasteiger charge is -2.16. The van der Waals surface area contributed by atoms with Crippen molar-refractivity contribution in [1.29, 1.82) is 0 Å². The summed E-state index contributed by atoms with van der Waals surface area (Å²) >= 11 is 1.18. The number of likely N-dealkylation sites (N-methyl/N-ethyl adjacent to an activating group) is 1. The molecule has 0 aliphatic rings. The number of nitrogens with zero attached hydrogens (tertiary/aromatic N) is 5. The molecular weight excluding hydrogens is 383 g/mol. The van der Waals surface area contributed by atoms with Gasteiger partial charge in [-0.3, -0.25) is 9.59 Å². The molecule has 0 unspecified atom stereocenters. The Morgan fingerprint density at radius 1 is 1.14 bits per heavy atom. The number of nitrogens with one attached hydrogen (secondary N) is 1. The SMILES string of the molecule is CN(CC(=O)Nc1ccc(F)cc1)C(=O)CSc1nnnn1-c1ccccc1. The molecule has 3 rings (SSSR count). The maximum atomic E-state index is 12.9. The van der Waals surface area contributed by atoms with Crippen LogP contribution in [-0.4, -0.2) is 56.3 Å². The molecule has 1 N–H and O–H groups in total. The van der Waals surface area contributed by atoms with E-state index in [0.717, 1.165) is 5.69 Å². The summed E-state index contributed by atoms with van der Waals surface area (Å²) in [5, 5.41) is 14.6. The Kier molecular flexibility index (Phi) is 6.33. The van der Waals surface area contributed by atoms with Crippen LogP contribution in [0.15, 0.2) is 59.8 Å². The molecule has 0 saturated carbocycles. The van der Waals surface area contributed by atoms with Gasteiger partial charge in [0.15, 0.2) is 0 Å². The fraction of sp³-hybridized carbons (Fsp3) is 0.167. The van der Waals surface area contributed by atoms with Crippen LogP contribution in [0, 0.1) is 5.82 Å². The van der Waals surface area contributed by atoms with E-state index >= 15 is 0 Å². The van der Waals surface area contributed by atoms with E-state index in [9.17, 15) is 14.0 Å². The first-order valence-electron chi connectivity index (χ1n) is 8.29. The number of thioether (sulfide) groups is 1. The fourth-order valence-corrected chi connectivity index (χ4v) is 3.11. The van der Waals surface area contributed by atoms with E-state index in [0.29, 0.717) is 10.8 Å². The van der Waals surface area contributed by atoms with Gasteiger partial charge < -0.3 is 10.2 Å². The van der Waals surface area contributed by atoms with E-state index in [1.807, 2.05) is 30.3 Å². The molecule has 0 fully saturated rings. The summed E-state index contributed by atoms with van der Waals surface area (Å²) in [6.45, 7) is -0.125. The van der Waals surface area contributed by atoms with Gasteiger partial charge in [0.25, 0.3) is 0 Å². The van der Waals surface area contributed by atoms with Crippen LogP contribution < -0.4 is 5.32 Å². The van der Waals surface area contributed by atoms with Gasteiger partial charge in [0.2, 0.25) is 17.0 Å². The summed E-state index contributed by atoms with van der Waals surface area (Å²) in [6.07, 6.45) is 0. The molecule has 1 heterocycles. The first-order chi connectivity index (χ1) is 13.5. The molecule has 2 aromatic carbocycles. The number of aromatic nitrogens is 4. The summed E-state index contributed by atoms with van der Waals surface area (Å²) in [7, 11) is 1.54.